The summed E-state index contributed by atoms with van der Waals surface area (Å²) in [6.45, 7) is 0.494. The van der Waals surface area contributed by atoms with Crippen molar-refractivity contribution in [1.29, 1.82) is 5.26 Å². The number of ether oxygens (including phenoxy) is 2. The minimum absolute atomic E-state index is 0.204. The van der Waals surface area contributed by atoms with E-state index in [0.29, 0.717) is 17.9 Å². The van der Waals surface area contributed by atoms with E-state index in [1.165, 1.54) is 0 Å². The third-order valence-corrected chi connectivity index (χ3v) is 4.96. The molecule has 0 aliphatic rings. The lowest BCUT2D eigenvalue weighted by atomic mass is 9.98. The van der Waals surface area contributed by atoms with Crippen molar-refractivity contribution in [3.63, 3.8) is 0 Å². The van der Waals surface area contributed by atoms with Crippen molar-refractivity contribution in [1.82, 2.24) is 4.98 Å². The number of hydrogen-bond donors (Lipinski definition) is 1. The van der Waals surface area contributed by atoms with Crippen LogP contribution in [0.2, 0.25) is 0 Å². The van der Waals surface area contributed by atoms with E-state index in [2.05, 4.69) is 11.1 Å². The summed E-state index contributed by atoms with van der Waals surface area (Å²) in [6, 6.07) is 29.2. The summed E-state index contributed by atoms with van der Waals surface area (Å²) in [4.78, 5) is 4.43. The summed E-state index contributed by atoms with van der Waals surface area (Å²) in [5, 5.41) is 9.64. The second-order valence-electron chi connectivity index (χ2n) is 6.95. The van der Waals surface area contributed by atoms with Gasteiger partial charge >= 0.3 is 0 Å². The minimum Gasteiger partial charge on any atom is -0.497 e. The normalized spacial score (nSPS) is 10.3. The van der Waals surface area contributed by atoms with Gasteiger partial charge in [0.05, 0.1) is 12.8 Å². The second-order valence-corrected chi connectivity index (χ2v) is 6.95. The van der Waals surface area contributed by atoms with Crippen molar-refractivity contribution in [2.75, 3.05) is 12.8 Å². The molecule has 2 N–H and O–H groups in total. The highest BCUT2D eigenvalue weighted by Crippen LogP contribution is 2.32. The zero-order valence-electron chi connectivity index (χ0n) is 17.1. The highest BCUT2D eigenvalue weighted by molar-refractivity contribution is 5.80. The standard InChI is InChI=1S/C26H21N3O2/c1-30-21-11-9-20(10-12-21)25-15-23(24(16-27)26(28)29-25)19-7-13-22(14-8-19)31-17-18-5-3-2-4-6-18/h2-15H,17H2,1H3,(H2,28,29). The third kappa shape index (κ3) is 4.49. The van der Waals surface area contributed by atoms with Crippen molar-refractivity contribution in [3.05, 3.63) is 96.1 Å². The van der Waals surface area contributed by atoms with Crippen LogP contribution in [0.15, 0.2) is 84.9 Å². The molecule has 3 aromatic carbocycles. The van der Waals surface area contributed by atoms with Gasteiger partial charge in [-0.05, 0) is 53.6 Å². The molecule has 0 aliphatic heterocycles. The lowest BCUT2D eigenvalue weighted by molar-refractivity contribution is 0.306. The zero-order valence-corrected chi connectivity index (χ0v) is 17.1. The van der Waals surface area contributed by atoms with Crippen LogP contribution in [0, 0.1) is 11.3 Å². The maximum Gasteiger partial charge on any atom is 0.142 e. The van der Waals surface area contributed by atoms with Crippen molar-refractivity contribution in [2.24, 2.45) is 0 Å². The van der Waals surface area contributed by atoms with E-state index >= 15 is 0 Å². The number of nitrogens with zero attached hydrogens (tertiary/aromatic N) is 2. The predicted molar refractivity (Wildman–Crippen MR) is 122 cm³/mol. The number of aromatic nitrogens is 1. The van der Waals surface area contributed by atoms with E-state index in [9.17, 15) is 5.26 Å². The number of methoxy groups -OCH3 is 1. The average Bonchev–Trinajstić information content (AvgIpc) is 2.83. The van der Waals surface area contributed by atoms with Crippen LogP contribution in [-0.2, 0) is 6.61 Å². The van der Waals surface area contributed by atoms with E-state index < -0.39 is 0 Å². The second kappa shape index (κ2) is 9.02. The van der Waals surface area contributed by atoms with Crippen molar-refractivity contribution in [2.45, 2.75) is 6.61 Å². The van der Waals surface area contributed by atoms with E-state index in [1.807, 2.05) is 84.9 Å². The van der Waals surface area contributed by atoms with Gasteiger partial charge in [-0.3, -0.25) is 0 Å². The predicted octanol–water partition coefficient (Wildman–Crippen LogP) is 5.46. The van der Waals surface area contributed by atoms with Crippen LogP contribution in [0.4, 0.5) is 5.82 Å². The van der Waals surface area contributed by atoms with Gasteiger partial charge in [0.15, 0.2) is 0 Å². The Morgan fingerprint density at radius 3 is 2.16 bits per heavy atom. The number of nitrogens with two attached hydrogens (primary N) is 1. The molecule has 0 radical (unpaired) electrons. The van der Waals surface area contributed by atoms with Crippen LogP contribution < -0.4 is 15.2 Å². The molecule has 152 valence electrons. The topological polar surface area (TPSA) is 81.2 Å². The minimum atomic E-state index is 0.204. The molecule has 0 saturated carbocycles. The summed E-state index contributed by atoms with van der Waals surface area (Å²) < 4.78 is 11.1. The lowest BCUT2D eigenvalue weighted by Gasteiger charge is -2.12. The quantitative estimate of drug-likeness (QED) is 0.459. The monoisotopic (exact) mass is 407 g/mol. The Balaban J connectivity index is 1.63. The first kappa shape index (κ1) is 20.0. The smallest absolute Gasteiger partial charge is 0.142 e. The molecule has 0 atom stereocenters. The molecule has 0 bridgehead atoms. The molecule has 0 unspecified atom stereocenters. The van der Waals surface area contributed by atoms with Crippen molar-refractivity contribution in [3.8, 4) is 40.0 Å². The molecular formula is C26H21N3O2. The summed E-state index contributed by atoms with van der Waals surface area (Å²) in [5.74, 6) is 1.72. The Labute approximate surface area is 181 Å². The Hall–Kier alpha value is -4.30. The SMILES string of the molecule is COc1ccc(-c2cc(-c3ccc(OCc4ccccc4)cc3)c(C#N)c(N)n2)cc1. The van der Waals surface area contributed by atoms with Crippen LogP contribution >= 0.6 is 0 Å². The van der Waals surface area contributed by atoms with Gasteiger partial charge in [-0.2, -0.15) is 5.26 Å². The van der Waals surface area contributed by atoms with E-state index in [4.69, 9.17) is 15.2 Å². The van der Waals surface area contributed by atoms with Gasteiger partial charge in [-0.1, -0.05) is 42.5 Å². The van der Waals surface area contributed by atoms with Gasteiger partial charge in [0.2, 0.25) is 0 Å². The molecule has 1 aromatic heterocycles. The molecule has 0 aliphatic carbocycles. The molecule has 0 saturated heterocycles. The number of benzene rings is 3. The van der Waals surface area contributed by atoms with Gasteiger partial charge in [-0.25, -0.2) is 4.98 Å². The van der Waals surface area contributed by atoms with Crippen LogP contribution in [0.25, 0.3) is 22.4 Å². The largest absolute Gasteiger partial charge is 0.497 e. The fraction of sp³-hybridized carbons (Fsp3) is 0.0769. The van der Waals surface area contributed by atoms with Gasteiger partial charge in [-0.15, -0.1) is 0 Å². The van der Waals surface area contributed by atoms with Gasteiger partial charge in [0.25, 0.3) is 0 Å². The molecule has 0 amide bonds. The van der Waals surface area contributed by atoms with E-state index in [1.54, 1.807) is 7.11 Å². The van der Waals surface area contributed by atoms with Gasteiger partial charge in [0.1, 0.15) is 35.6 Å². The number of nitriles is 1. The molecule has 5 nitrogen and oxygen atoms in total. The Morgan fingerprint density at radius 1 is 0.871 bits per heavy atom. The molecule has 0 fully saturated rings. The fourth-order valence-corrected chi connectivity index (χ4v) is 3.29. The lowest BCUT2D eigenvalue weighted by Crippen LogP contribution is -2.00. The molecule has 5 heteroatoms. The summed E-state index contributed by atoms with van der Waals surface area (Å²) in [5.41, 5.74) is 10.8. The van der Waals surface area contributed by atoms with Crippen LogP contribution in [0.1, 0.15) is 11.1 Å². The summed E-state index contributed by atoms with van der Waals surface area (Å²) in [7, 11) is 1.62. The molecule has 1 heterocycles. The summed E-state index contributed by atoms with van der Waals surface area (Å²) >= 11 is 0. The van der Waals surface area contributed by atoms with E-state index in [0.717, 1.165) is 33.8 Å². The van der Waals surface area contributed by atoms with Crippen LogP contribution in [0.5, 0.6) is 11.5 Å². The average molecular weight is 407 g/mol. The van der Waals surface area contributed by atoms with Crippen LogP contribution in [-0.4, -0.2) is 12.1 Å². The fourth-order valence-electron chi connectivity index (χ4n) is 3.29. The molecule has 4 aromatic rings. The maximum absolute atomic E-state index is 9.64. The van der Waals surface area contributed by atoms with Gasteiger partial charge < -0.3 is 15.2 Å². The number of rotatable bonds is 6. The number of anilines is 1. The number of nitrogen functional groups attached to an aromatic ring is 1. The molecular weight excluding hydrogens is 386 g/mol. The van der Waals surface area contributed by atoms with Gasteiger partial charge in [0, 0.05) is 11.1 Å². The first-order chi connectivity index (χ1) is 15.2. The molecule has 0 spiro atoms. The zero-order chi connectivity index (χ0) is 21.6. The van der Waals surface area contributed by atoms with Crippen molar-refractivity contribution < 1.29 is 9.47 Å². The Bertz CT molecular complexity index is 1210. The molecule has 31 heavy (non-hydrogen) atoms. The maximum atomic E-state index is 9.64. The first-order valence-corrected chi connectivity index (χ1v) is 9.80. The van der Waals surface area contributed by atoms with Crippen molar-refractivity contribution >= 4 is 5.82 Å². The number of pyridine rings is 1. The molecule has 4 rings (SSSR count). The number of hydrogen-bond acceptors (Lipinski definition) is 5. The first-order valence-electron chi connectivity index (χ1n) is 9.80. The third-order valence-electron chi connectivity index (χ3n) is 4.96. The Kier molecular flexibility index (Phi) is 5.82. The Morgan fingerprint density at radius 2 is 1.52 bits per heavy atom. The summed E-state index contributed by atoms with van der Waals surface area (Å²) in [6.07, 6.45) is 0. The highest BCUT2D eigenvalue weighted by Gasteiger charge is 2.14. The van der Waals surface area contributed by atoms with Crippen LogP contribution in [0.3, 0.4) is 0 Å². The van der Waals surface area contributed by atoms with E-state index in [-0.39, 0.29) is 5.82 Å². The highest BCUT2D eigenvalue weighted by atomic mass is 16.5.